The summed E-state index contributed by atoms with van der Waals surface area (Å²) in [6, 6.07) is 13.9. The van der Waals surface area contributed by atoms with Gasteiger partial charge < -0.3 is 9.32 Å². The van der Waals surface area contributed by atoms with Crippen molar-refractivity contribution in [2.24, 2.45) is 0 Å². The van der Waals surface area contributed by atoms with E-state index in [-0.39, 0.29) is 5.56 Å². The van der Waals surface area contributed by atoms with Crippen LogP contribution in [0.5, 0.6) is 0 Å². The molecule has 0 saturated carbocycles. The zero-order chi connectivity index (χ0) is 18.9. The number of hydrogen-bond donors (Lipinski definition) is 1. The van der Waals surface area contributed by atoms with E-state index in [1.165, 1.54) is 11.1 Å². The van der Waals surface area contributed by atoms with E-state index >= 15 is 0 Å². The van der Waals surface area contributed by atoms with Gasteiger partial charge in [-0.3, -0.25) is 9.78 Å². The van der Waals surface area contributed by atoms with Crippen LogP contribution in [0.4, 0.5) is 5.95 Å². The van der Waals surface area contributed by atoms with Crippen LogP contribution in [0.3, 0.4) is 0 Å². The molecular weight excluding hydrogens is 352 g/mol. The fraction of sp³-hybridized carbons (Fsp3) is 0.136. The molecule has 0 aliphatic carbocycles. The molecule has 1 aliphatic heterocycles. The van der Waals surface area contributed by atoms with Crippen molar-refractivity contribution < 1.29 is 4.42 Å². The molecule has 0 amide bonds. The number of aromatic amines is 1. The van der Waals surface area contributed by atoms with E-state index in [0.717, 1.165) is 30.8 Å². The maximum Gasteiger partial charge on any atom is 0.262 e. The monoisotopic (exact) mass is 370 g/mol. The van der Waals surface area contributed by atoms with Crippen molar-refractivity contribution >= 4 is 29.1 Å². The lowest BCUT2D eigenvalue weighted by Gasteiger charge is -2.29. The zero-order valence-electron chi connectivity index (χ0n) is 15.1. The molecule has 1 aliphatic rings. The second kappa shape index (κ2) is 6.81. The minimum absolute atomic E-state index is 0.189. The lowest BCUT2D eigenvalue weighted by molar-refractivity contribution is 0.557. The molecule has 1 N–H and O–H groups in total. The van der Waals surface area contributed by atoms with Gasteiger partial charge in [0.25, 0.3) is 5.56 Å². The predicted octanol–water partition coefficient (Wildman–Crippen LogP) is 3.64. The molecule has 6 heteroatoms. The van der Waals surface area contributed by atoms with Gasteiger partial charge in [0, 0.05) is 19.3 Å². The van der Waals surface area contributed by atoms with E-state index in [9.17, 15) is 4.79 Å². The summed E-state index contributed by atoms with van der Waals surface area (Å²) in [6.45, 7) is 1.53. The highest BCUT2D eigenvalue weighted by atomic mass is 16.3. The third-order valence-electron chi connectivity index (χ3n) is 5.03. The average molecular weight is 370 g/mol. The quantitative estimate of drug-likeness (QED) is 0.596. The largest absolute Gasteiger partial charge is 0.465 e. The summed E-state index contributed by atoms with van der Waals surface area (Å²) >= 11 is 0. The molecule has 0 bridgehead atoms. The summed E-state index contributed by atoms with van der Waals surface area (Å²) in [5, 5.41) is 0.478. The third-order valence-corrected chi connectivity index (χ3v) is 5.03. The van der Waals surface area contributed by atoms with Crippen LogP contribution >= 0.6 is 0 Å². The van der Waals surface area contributed by atoms with Gasteiger partial charge in [0.1, 0.15) is 5.76 Å². The standard InChI is InChI=1S/C22H18N4O2/c27-21-19-16(7-8-18-6-3-13-28-18)9-11-23-20(19)24-22(25-21)26-12-10-15-4-1-2-5-17(15)14-26/h1-9,11,13H,10,12,14H2,(H,23,24,25,27). The van der Waals surface area contributed by atoms with E-state index in [4.69, 9.17) is 4.42 Å². The lowest BCUT2D eigenvalue weighted by atomic mass is 10.0. The van der Waals surface area contributed by atoms with Crippen LogP contribution in [0, 0.1) is 0 Å². The van der Waals surface area contributed by atoms with Crippen molar-refractivity contribution in [2.75, 3.05) is 11.4 Å². The second-order valence-electron chi connectivity index (χ2n) is 6.78. The molecule has 0 spiro atoms. The number of fused-ring (bicyclic) bond motifs is 2. The van der Waals surface area contributed by atoms with Crippen molar-refractivity contribution in [3.8, 4) is 0 Å². The Hall–Kier alpha value is -3.67. The van der Waals surface area contributed by atoms with Crippen LogP contribution in [0.2, 0.25) is 0 Å². The first-order valence-corrected chi connectivity index (χ1v) is 9.20. The van der Waals surface area contributed by atoms with Crippen molar-refractivity contribution in [2.45, 2.75) is 13.0 Å². The molecule has 5 rings (SSSR count). The molecule has 4 heterocycles. The maximum atomic E-state index is 12.9. The Labute approximate surface area is 161 Å². The lowest BCUT2D eigenvalue weighted by Crippen LogP contribution is -2.33. The molecule has 0 atom stereocenters. The Morgan fingerprint density at radius 2 is 1.96 bits per heavy atom. The summed E-state index contributed by atoms with van der Waals surface area (Å²) < 4.78 is 5.31. The van der Waals surface area contributed by atoms with E-state index in [0.29, 0.717) is 17.0 Å². The van der Waals surface area contributed by atoms with Crippen LogP contribution in [-0.2, 0) is 13.0 Å². The van der Waals surface area contributed by atoms with E-state index in [1.807, 2.05) is 30.4 Å². The number of rotatable bonds is 3. The predicted molar refractivity (Wildman–Crippen MR) is 109 cm³/mol. The summed E-state index contributed by atoms with van der Waals surface area (Å²) in [7, 11) is 0. The maximum absolute atomic E-state index is 12.9. The number of hydrogen-bond acceptors (Lipinski definition) is 5. The van der Waals surface area contributed by atoms with Gasteiger partial charge in [-0.2, -0.15) is 4.98 Å². The minimum atomic E-state index is -0.189. The number of pyridine rings is 1. The molecule has 3 aromatic heterocycles. The smallest absolute Gasteiger partial charge is 0.262 e. The number of anilines is 1. The molecule has 6 nitrogen and oxygen atoms in total. The third kappa shape index (κ3) is 2.99. The summed E-state index contributed by atoms with van der Waals surface area (Å²) in [4.78, 5) is 26.9. The topological polar surface area (TPSA) is 75.0 Å². The molecule has 28 heavy (non-hydrogen) atoms. The van der Waals surface area contributed by atoms with Gasteiger partial charge in [-0.1, -0.05) is 30.3 Å². The van der Waals surface area contributed by atoms with Gasteiger partial charge in [0.15, 0.2) is 5.65 Å². The van der Waals surface area contributed by atoms with Gasteiger partial charge >= 0.3 is 0 Å². The number of aromatic nitrogens is 3. The summed E-state index contributed by atoms with van der Waals surface area (Å²) in [5.41, 5.74) is 3.63. The fourth-order valence-electron chi connectivity index (χ4n) is 3.60. The van der Waals surface area contributed by atoms with Crippen LogP contribution in [0.25, 0.3) is 23.2 Å². The molecule has 1 aromatic carbocycles. The van der Waals surface area contributed by atoms with Gasteiger partial charge in [-0.05, 0) is 47.4 Å². The van der Waals surface area contributed by atoms with Crippen LogP contribution < -0.4 is 10.5 Å². The Morgan fingerprint density at radius 3 is 2.82 bits per heavy atom. The summed E-state index contributed by atoms with van der Waals surface area (Å²) in [5.74, 6) is 1.28. The average Bonchev–Trinajstić information content (AvgIpc) is 3.25. The van der Waals surface area contributed by atoms with Crippen molar-refractivity contribution in [3.05, 3.63) is 87.7 Å². The van der Waals surface area contributed by atoms with Crippen molar-refractivity contribution in [1.29, 1.82) is 0 Å². The molecule has 0 saturated heterocycles. The van der Waals surface area contributed by atoms with E-state index in [1.54, 1.807) is 18.5 Å². The Morgan fingerprint density at radius 1 is 1.07 bits per heavy atom. The minimum Gasteiger partial charge on any atom is -0.465 e. The molecular formula is C22H18N4O2. The van der Waals surface area contributed by atoms with E-state index < -0.39 is 0 Å². The van der Waals surface area contributed by atoms with Gasteiger partial charge in [-0.15, -0.1) is 0 Å². The van der Waals surface area contributed by atoms with Crippen LogP contribution in [-0.4, -0.2) is 21.5 Å². The summed E-state index contributed by atoms with van der Waals surface area (Å²) in [6.07, 6.45) is 7.88. The number of nitrogens with zero attached hydrogens (tertiary/aromatic N) is 3. The highest BCUT2D eigenvalue weighted by Gasteiger charge is 2.19. The first kappa shape index (κ1) is 16.5. The van der Waals surface area contributed by atoms with Crippen LogP contribution in [0.1, 0.15) is 22.5 Å². The normalized spacial score (nSPS) is 13.9. The molecule has 4 aromatic rings. The first-order valence-electron chi connectivity index (χ1n) is 9.20. The molecule has 138 valence electrons. The number of H-pyrrole nitrogens is 1. The Bertz CT molecular complexity index is 1230. The van der Waals surface area contributed by atoms with Crippen molar-refractivity contribution in [3.63, 3.8) is 0 Å². The highest BCUT2D eigenvalue weighted by Crippen LogP contribution is 2.23. The zero-order valence-corrected chi connectivity index (χ0v) is 15.1. The van der Waals surface area contributed by atoms with Gasteiger partial charge in [-0.25, -0.2) is 4.98 Å². The van der Waals surface area contributed by atoms with Gasteiger partial charge in [0.2, 0.25) is 5.95 Å². The van der Waals surface area contributed by atoms with Crippen LogP contribution in [0.15, 0.2) is 64.1 Å². The Kier molecular flexibility index (Phi) is 4.01. The SMILES string of the molecule is O=c1[nH]c(N2CCc3ccccc3C2)nc2nccc(C=Cc3ccco3)c12. The first-order chi connectivity index (χ1) is 13.8. The van der Waals surface area contributed by atoms with E-state index in [2.05, 4.69) is 38.1 Å². The van der Waals surface area contributed by atoms with Gasteiger partial charge in [0.05, 0.1) is 11.6 Å². The number of benzene rings is 1. The molecule has 0 fully saturated rings. The number of nitrogens with one attached hydrogen (secondary N) is 1. The molecule has 0 radical (unpaired) electrons. The second-order valence-corrected chi connectivity index (χ2v) is 6.78. The number of furan rings is 1. The van der Waals surface area contributed by atoms with Crippen molar-refractivity contribution in [1.82, 2.24) is 15.0 Å². The highest BCUT2D eigenvalue weighted by molar-refractivity contribution is 5.87. The Balaban J connectivity index is 1.52. The fourth-order valence-corrected chi connectivity index (χ4v) is 3.60. The molecule has 0 unspecified atom stereocenters.